The quantitative estimate of drug-likeness (QED) is 0.765. The third-order valence-electron chi connectivity index (χ3n) is 3.60. The van der Waals surface area contributed by atoms with Crippen molar-refractivity contribution >= 4 is 39.8 Å². The molecule has 0 bridgehead atoms. The van der Waals surface area contributed by atoms with Gasteiger partial charge in [-0.15, -0.1) is 11.3 Å². The summed E-state index contributed by atoms with van der Waals surface area (Å²) in [6.07, 6.45) is 2.92. The summed E-state index contributed by atoms with van der Waals surface area (Å²) in [5, 5.41) is 13.0. The standard InChI is InChI=1S/C16H16ClN3O2S/c1-19(2)6-5-10-8-20(14-7-11(17)3-4-12(10)14)16-18-13(9-23-16)15(21)22/h3-4,7-9H,5-6H2,1-2H3,(H,21,22). The zero-order valence-electron chi connectivity index (χ0n) is 12.8. The van der Waals surface area contributed by atoms with Gasteiger partial charge in [0.1, 0.15) is 0 Å². The Morgan fingerprint density at radius 2 is 2.22 bits per heavy atom. The average Bonchev–Trinajstić information content (AvgIpc) is 3.09. The lowest BCUT2D eigenvalue weighted by atomic mass is 10.1. The van der Waals surface area contributed by atoms with Gasteiger partial charge >= 0.3 is 5.97 Å². The van der Waals surface area contributed by atoms with Crippen molar-refractivity contribution in [3.8, 4) is 5.13 Å². The Hall–Kier alpha value is -1.89. The van der Waals surface area contributed by atoms with Crippen LogP contribution in [0.1, 0.15) is 16.1 Å². The number of aromatic nitrogens is 2. The molecule has 0 spiro atoms. The molecule has 23 heavy (non-hydrogen) atoms. The SMILES string of the molecule is CN(C)CCc1cn(-c2nc(C(=O)O)cs2)c2cc(Cl)ccc12. The van der Waals surface area contributed by atoms with Gasteiger partial charge in [-0.1, -0.05) is 17.7 Å². The first-order chi connectivity index (χ1) is 11.0. The Bertz CT molecular complexity index is 869. The Labute approximate surface area is 142 Å². The van der Waals surface area contributed by atoms with Crippen molar-refractivity contribution in [1.29, 1.82) is 0 Å². The molecule has 0 aliphatic rings. The summed E-state index contributed by atoms with van der Waals surface area (Å²) in [6.45, 7) is 0.931. The third-order valence-corrected chi connectivity index (χ3v) is 4.67. The second-order valence-corrected chi connectivity index (χ2v) is 6.83. The normalized spacial score (nSPS) is 11.5. The van der Waals surface area contributed by atoms with Gasteiger partial charge in [0, 0.05) is 28.5 Å². The van der Waals surface area contributed by atoms with Crippen LogP contribution in [0.5, 0.6) is 0 Å². The number of hydrogen-bond acceptors (Lipinski definition) is 4. The summed E-state index contributed by atoms with van der Waals surface area (Å²) in [5.74, 6) is -1.02. The fourth-order valence-electron chi connectivity index (χ4n) is 2.45. The number of thiazole rings is 1. The zero-order chi connectivity index (χ0) is 16.6. The molecule has 5 nitrogen and oxygen atoms in total. The average molecular weight is 350 g/mol. The zero-order valence-corrected chi connectivity index (χ0v) is 14.4. The van der Waals surface area contributed by atoms with Crippen molar-refractivity contribution in [1.82, 2.24) is 14.5 Å². The molecule has 1 N–H and O–H groups in total. The molecule has 0 atom stereocenters. The summed E-state index contributed by atoms with van der Waals surface area (Å²) in [6, 6.07) is 5.76. The number of carboxylic acid groups (broad SMARTS) is 1. The molecular weight excluding hydrogens is 334 g/mol. The van der Waals surface area contributed by atoms with E-state index in [0.717, 1.165) is 23.9 Å². The molecule has 7 heteroatoms. The van der Waals surface area contributed by atoms with Crippen LogP contribution in [0.3, 0.4) is 0 Å². The predicted molar refractivity (Wildman–Crippen MR) is 93.2 cm³/mol. The Morgan fingerprint density at radius 3 is 2.87 bits per heavy atom. The first-order valence-electron chi connectivity index (χ1n) is 7.09. The predicted octanol–water partition coefficient (Wildman–Crippen LogP) is 3.54. The van der Waals surface area contributed by atoms with Gasteiger partial charge < -0.3 is 10.0 Å². The molecule has 3 rings (SSSR count). The first-order valence-corrected chi connectivity index (χ1v) is 8.35. The van der Waals surface area contributed by atoms with Gasteiger partial charge in [-0.3, -0.25) is 4.57 Å². The Balaban J connectivity index is 2.11. The van der Waals surface area contributed by atoms with Gasteiger partial charge in [-0.25, -0.2) is 9.78 Å². The summed E-state index contributed by atoms with van der Waals surface area (Å²) in [7, 11) is 4.08. The molecule has 0 fully saturated rings. The highest BCUT2D eigenvalue weighted by molar-refractivity contribution is 7.12. The number of likely N-dealkylation sites (N-methyl/N-ethyl adjacent to an activating group) is 1. The maximum absolute atomic E-state index is 11.1. The van der Waals surface area contributed by atoms with E-state index in [-0.39, 0.29) is 5.69 Å². The van der Waals surface area contributed by atoms with Gasteiger partial charge in [0.05, 0.1) is 5.52 Å². The number of halogens is 1. The van der Waals surface area contributed by atoms with E-state index in [1.165, 1.54) is 16.9 Å². The number of aromatic carboxylic acids is 1. The second kappa shape index (κ2) is 6.31. The van der Waals surface area contributed by atoms with Crippen LogP contribution in [0.15, 0.2) is 29.8 Å². The van der Waals surface area contributed by atoms with Gasteiger partial charge in [-0.2, -0.15) is 0 Å². The maximum atomic E-state index is 11.1. The van der Waals surface area contributed by atoms with Gasteiger partial charge in [0.15, 0.2) is 10.8 Å². The van der Waals surface area contributed by atoms with E-state index in [0.29, 0.717) is 10.2 Å². The number of benzene rings is 1. The maximum Gasteiger partial charge on any atom is 0.355 e. The monoisotopic (exact) mass is 349 g/mol. The van der Waals surface area contributed by atoms with Crippen LogP contribution in [-0.2, 0) is 6.42 Å². The van der Waals surface area contributed by atoms with Crippen molar-refractivity contribution in [2.24, 2.45) is 0 Å². The smallest absolute Gasteiger partial charge is 0.355 e. The van der Waals surface area contributed by atoms with E-state index in [1.54, 1.807) is 5.38 Å². The summed E-state index contributed by atoms with van der Waals surface area (Å²) in [4.78, 5) is 17.4. The van der Waals surface area contributed by atoms with Crippen LogP contribution in [0, 0.1) is 0 Å². The molecule has 0 aliphatic carbocycles. The van der Waals surface area contributed by atoms with Gasteiger partial charge in [0.25, 0.3) is 0 Å². The van der Waals surface area contributed by atoms with Crippen molar-refractivity contribution < 1.29 is 9.90 Å². The van der Waals surface area contributed by atoms with Crippen molar-refractivity contribution in [3.63, 3.8) is 0 Å². The van der Waals surface area contributed by atoms with Crippen LogP contribution in [-0.4, -0.2) is 46.2 Å². The third kappa shape index (κ3) is 3.24. The van der Waals surface area contributed by atoms with E-state index in [2.05, 4.69) is 9.88 Å². The Morgan fingerprint density at radius 1 is 1.43 bits per heavy atom. The lowest BCUT2D eigenvalue weighted by Gasteiger charge is -2.07. The molecule has 2 heterocycles. The van der Waals surface area contributed by atoms with E-state index in [1.807, 2.05) is 43.1 Å². The molecule has 0 unspecified atom stereocenters. The molecule has 3 aromatic rings. The molecule has 2 aromatic heterocycles. The van der Waals surface area contributed by atoms with Crippen LogP contribution >= 0.6 is 22.9 Å². The minimum absolute atomic E-state index is 0.0590. The van der Waals surface area contributed by atoms with Crippen LogP contribution in [0.4, 0.5) is 0 Å². The lowest BCUT2D eigenvalue weighted by molar-refractivity contribution is 0.0691. The fourth-order valence-corrected chi connectivity index (χ4v) is 3.40. The molecule has 0 saturated heterocycles. The highest BCUT2D eigenvalue weighted by atomic mass is 35.5. The first kappa shape index (κ1) is 16.0. The van der Waals surface area contributed by atoms with Gasteiger partial charge in [-0.05, 0) is 38.2 Å². The van der Waals surface area contributed by atoms with Gasteiger partial charge in [0.2, 0.25) is 0 Å². The van der Waals surface area contributed by atoms with Crippen LogP contribution in [0.2, 0.25) is 5.02 Å². The summed E-state index contributed by atoms with van der Waals surface area (Å²) < 4.78 is 1.92. The summed E-state index contributed by atoms with van der Waals surface area (Å²) in [5.41, 5.74) is 2.19. The highest BCUT2D eigenvalue weighted by Gasteiger charge is 2.15. The number of nitrogens with zero attached hydrogens (tertiary/aromatic N) is 3. The fraction of sp³-hybridized carbons (Fsp3) is 0.250. The molecule has 1 aromatic carbocycles. The Kier molecular flexibility index (Phi) is 4.39. The molecule has 0 radical (unpaired) electrons. The number of carbonyl (C=O) groups is 1. The van der Waals surface area contributed by atoms with Crippen LogP contribution < -0.4 is 0 Å². The van der Waals surface area contributed by atoms with Crippen molar-refractivity contribution in [2.75, 3.05) is 20.6 Å². The highest BCUT2D eigenvalue weighted by Crippen LogP contribution is 2.29. The van der Waals surface area contributed by atoms with E-state index >= 15 is 0 Å². The lowest BCUT2D eigenvalue weighted by Crippen LogP contribution is -2.14. The van der Waals surface area contributed by atoms with Crippen LogP contribution in [0.25, 0.3) is 16.0 Å². The molecular formula is C16H16ClN3O2S. The topological polar surface area (TPSA) is 58.4 Å². The van der Waals surface area contributed by atoms with E-state index < -0.39 is 5.97 Å². The number of carboxylic acids is 1. The minimum atomic E-state index is -1.02. The largest absolute Gasteiger partial charge is 0.476 e. The van der Waals surface area contributed by atoms with Crippen molar-refractivity contribution in [2.45, 2.75) is 6.42 Å². The van der Waals surface area contributed by atoms with Crippen molar-refractivity contribution in [3.05, 3.63) is 46.1 Å². The molecule has 0 saturated carbocycles. The number of fused-ring (bicyclic) bond motifs is 1. The molecule has 120 valence electrons. The molecule has 0 aliphatic heterocycles. The number of rotatable bonds is 5. The van der Waals surface area contributed by atoms with E-state index in [9.17, 15) is 4.79 Å². The minimum Gasteiger partial charge on any atom is -0.476 e. The molecule has 0 amide bonds. The number of hydrogen-bond donors (Lipinski definition) is 1. The summed E-state index contributed by atoms with van der Waals surface area (Å²) >= 11 is 7.44. The van der Waals surface area contributed by atoms with E-state index in [4.69, 9.17) is 16.7 Å². The second-order valence-electron chi connectivity index (χ2n) is 5.56.